The molecule has 5 rings (SSSR count). The number of aromatic nitrogens is 1. The molecule has 8 heteroatoms. The molecule has 1 aliphatic heterocycles. The van der Waals surface area contributed by atoms with Gasteiger partial charge in [0.1, 0.15) is 17.3 Å². The summed E-state index contributed by atoms with van der Waals surface area (Å²) in [6.45, 7) is 1.35. The molecule has 0 saturated heterocycles. The van der Waals surface area contributed by atoms with Crippen LogP contribution in [0.15, 0.2) is 71.9 Å². The minimum atomic E-state index is -3.59. The number of hydrogen-bond acceptors (Lipinski definition) is 5. The number of rotatable bonds is 8. The Kier molecular flexibility index (Phi) is 6.14. The lowest BCUT2D eigenvalue weighted by molar-refractivity contribution is 0.320. The smallest absolute Gasteiger partial charge is 0.242 e. The van der Waals surface area contributed by atoms with E-state index in [9.17, 15) is 8.42 Å². The Bertz CT molecular complexity index is 1230. The van der Waals surface area contributed by atoms with Gasteiger partial charge in [0.15, 0.2) is 0 Å². The Hall–Kier alpha value is -2.45. The number of sulfonamides is 1. The quantitative estimate of drug-likeness (QED) is 0.473. The monoisotopic (exact) mass is 483 g/mol. The lowest BCUT2D eigenvalue weighted by Gasteiger charge is -2.34. The van der Waals surface area contributed by atoms with Crippen LogP contribution in [-0.2, 0) is 21.9 Å². The van der Waals surface area contributed by atoms with Crippen molar-refractivity contribution in [1.82, 2.24) is 15.0 Å². The van der Waals surface area contributed by atoms with Gasteiger partial charge in [-0.05, 0) is 78.9 Å². The highest BCUT2D eigenvalue weighted by Gasteiger charge is 2.52. The van der Waals surface area contributed by atoms with Crippen LogP contribution in [0.2, 0.25) is 5.02 Å². The molecule has 0 radical (unpaired) electrons. The Labute approximate surface area is 199 Å². The van der Waals surface area contributed by atoms with Gasteiger partial charge in [-0.15, -0.1) is 0 Å². The first-order valence-corrected chi connectivity index (χ1v) is 13.0. The normalized spacial score (nSPS) is 19.0. The summed E-state index contributed by atoms with van der Waals surface area (Å²) in [5.74, 6) is 0.745. The highest BCUT2D eigenvalue weighted by atomic mass is 35.5. The molecule has 1 atom stereocenters. The number of ether oxygens (including phenoxy) is 1. The fraction of sp³-hybridized carbons (Fsp3) is 0.320. The molecular formula is C25H26ClN3O3S. The Morgan fingerprint density at radius 3 is 2.70 bits per heavy atom. The third-order valence-electron chi connectivity index (χ3n) is 6.54. The molecule has 6 nitrogen and oxygen atoms in total. The van der Waals surface area contributed by atoms with Crippen molar-refractivity contribution in [3.05, 3.63) is 88.7 Å². The van der Waals surface area contributed by atoms with Gasteiger partial charge in [-0.25, -0.2) is 13.1 Å². The molecule has 0 bridgehead atoms. The second kappa shape index (κ2) is 9.06. The fourth-order valence-corrected chi connectivity index (χ4v) is 5.81. The Morgan fingerprint density at radius 1 is 1.15 bits per heavy atom. The van der Waals surface area contributed by atoms with E-state index in [0.29, 0.717) is 0 Å². The average Bonchev–Trinajstić information content (AvgIpc) is 3.64. The lowest BCUT2D eigenvalue weighted by atomic mass is 9.80. The molecule has 1 fully saturated rings. The number of hydrogen-bond donors (Lipinski definition) is 2. The van der Waals surface area contributed by atoms with Gasteiger partial charge in [-0.3, -0.25) is 4.98 Å². The van der Waals surface area contributed by atoms with Crippen molar-refractivity contribution in [3.63, 3.8) is 0 Å². The van der Waals surface area contributed by atoms with Crippen molar-refractivity contribution in [2.24, 2.45) is 0 Å². The van der Waals surface area contributed by atoms with E-state index in [1.807, 2.05) is 18.2 Å². The van der Waals surface area contributed by atoms with Crippen LogP contribution in [0.5, 0.6) is 5.75 Å². The predicted octanol–water partition coefficient (Wildman–Crippen LogP) is 4.01. The van der Waals surface area contributed by atoms with Gasteiger partial charge >= 0.3 is 0 Å². The molecule has 2 aliphatic rings. The van der Waals surface area contributed by atoms with Crippen LogP contribution in [0, 0.1) is 0 Å². The summed E-state index contributed by atoms with van der Waals surface area (Å²) in [6.07, 6.45) is 6.11. The topological polar surface area (TPSA) is 80.3 Å². The SMILES string of the molecule is O=S(=O)(NCCOc1ccc2c(c1)C(C1(c3ccc(Cl)cc3)CC1)NCC2)c1cccnc1. The van der Waals surface area contributed by atoms with Crippen molar-refractivity contribution < 1.29 is 13.2 Å². The first-order valence-electron chi connectivity index (χ1n) is 11.1. The van der Waals surface area contributed by atoms with Crippen LogP contribution in [0.3, 0.4) is 0 Å². The van der Waals surface area contributed by atoms with Crippen molar-refractivity contribution in [3.8, 4) is 5.75 Å². The van der Waals surface area contributed by atoms with Gasteiger partial charge in [-0.2, -0.15) is 0 Å². The molecule has 1 unspecified atom stereocenters. The van der Waals surface area contributed by atoms with Crippen LogP contribution >= 0.6 is 11.6 Å². The van der Waals surface area contributed by atoms with E-state index in [0.717, 1.165) is 36.6 Å². The summed E-state index contributed by atoms with van der Waals surface area (Å²) in [5, 5.41) is 4.49. The van der Waals surface area contributed by atoms with Gasteiger partial charge in [-0.1, -0.05) is 29.8 Å². The third-order valence-corrected chi connectivity index (χ3v) is 8.24. The number of fused-ring (bicyclic) bond motifs is 1. The molecule has 33 heavy (non-hydrogen) atoms. The van der Waals surface area contributed by atoms with Gasteiger partial charge in [0, 0.05) is 35.4 Å². The van der Waals surface area contributed by atoms with E-state index in [1.165, 1.54) is 29.0 Å². The van der Waals surface area contributed by atoms with Crippen molar-refractivity contribution in [2.45, 2.75) is 35.6 Å². The van der Waals surface area contributed by atoms with Crippen molar-refractivity contribution in [1.29, 1.82) is 0 Å². The summed E-state index contributed by atoms with van der Waals surface area (Å²) < 4.78 is 33.1. The zero-order valence-corrected chi connectivity index (χ0v) is 19.7. The van der Waals surface area contributed by atoms with E-state index in [4.69, 9.17) is 16.3 Å². The summed E-state index contributed by atoms with van der Waals surface area (Å²) in [7, 11) is -3.59. The number of pyridine rings is 1. The largest absolute Gasteiger partial charge is 0.492 e. The Morgan fingerprint density at radius 2 is 1.97 bits per heavy atom. The van der Waals surface area contributed by atoms with Gasteiger partial charge < -0.3 is 10.1 Å². The van der Waals surface area contributed by atoms with Crippen molar-refractivity contribution in [2.75, 3.05) is 19.7 Å². The van der Waals surface area contributed by atoms with Gasteiger partial charge in [0.2, 0.25) is 10.0 Å². The minimum absolute atomic E-state index is 0.0811. The fourth-order valence-electron chi connectivity index (χ4n) is 4.71. The highest BCUT2D eigenvalue weighted by Crippen LogP contribution is 2.57. The van der Waals surface area contributed by atoms with Crippen molar-refractivity contribution >= 4 is 21.6 Å². The maximum atomic E-state index is 12.3. The molecule has 2 heterocycles. The zero-order valence-electron chi connectivity index (χ0n) is 18.1. The number of nitrogens with zero attached hydrogens (tertiary/aromatic N) is 1. The molecule has 2 aromatic carbocycles. The molecule has 0 amide bonds. The highest BCUT2D eigenvalue weighted by molar-refractivity contribution is 7.89. The molecule has 172 valence electrons. The molecule has 3 aromatic rings. The predicted molar refractivity (Wildman–Crippen MR) is 128 cm³/mol. The lowest BCUT2D eigenvalue weighted by Crippen LogP contribution is -2.37. The maximum Gasteiger partial charge on any atom is 0.242 e. The molecule has 0 spiro atoms. The summed E-state index contributed by atoms with van der Waals surface area (Å²) in [4.78, 5) is 4.01. The number of benzene rings is 2. The molecule has 1 saturated carbocycles. The van der Waals surface area contributed by atoms with E-state index >= 15 is 0 Å². The minimum Gasteiger partial charge on any atom is -0.492 e. The second-order valence-electron chi connectivity index (χ2n) is 8.60. The second-order valence-corrected chi connectivity index (χ2v) is 10.8. The first kappa shape index (κ1) is 22.3. The summed E-state index contributed by atoms with van der Waals surface area (Å²) in [5.41, 5.74) is 4.00. The van der Waals surface area contributed by atoms with Crippen LogP contribution in [0.1, 0.15) is 35.6 Å². The van der Waals surface area contributed by atoms with Crippen LogP contribution < -0.4 is 14.8 Å². The Balaban J connectivity index is 1.28. The zero-order chi connectivity index (χ0) is 22.9. The average molecular weight is 484 g/mol. The standard InChI is InChI=1S/C25H26ClN3O3S/c26-20-6-4-19(5-7-20)25(10-11-25)24-23-16-21(8-3-18(23)9-13-28-24)32-15-14-29-33(30,31)22-2-1-12-27-17-22/h1-8,12,16-17,24,28-29H,9-11,13-15H2. The van der Waals surface area contributed by atoms with E-state index in [1.54, 1.807) is 12.3 Å². The van der Waals surface area contributed by atoms with Gasteiger partial charge in [0.25, 0.3) is 0 Å². The summed E-state index contributed by atoms with van der Waals surface area (Å²) in [6, 6.07) is 17.8. The maximum absolute atomic E-state index is 12.3. The molecule has 1 aliphatic carbocycles. The van der Waals surface area contributed by atoms with Crippen LogP contribution in [-0.4, -0.2) is 33.1 Å². The molecule has 2 N–H and O–H groups in total. The van der Waals surface area contributed by atoms with Gasteiger partial charge in [0.05, 0.1) is 0 Å². The number of halogens is 1. The van der Waals surface area contributed by atoms with E-state index < -0.39 is 10.0 Å². The third kappa shape index (κ3) is 4.64. The van der Waals surface area contributed by atoms with E-state index in [-0.39, 0.29) is 29.5 Å². The van der Waals surface area contributed by atoms with E-state index in [2.05, 4.69) is 39.3 Å². The number of nitrogens with one attached hydrogen (secondary N) is 2. The molecule has 1 aromatic heterocycles. The first-order chi connectivity index (χ1) is 16.0. The molecular weight excluding hydrogens is 458 g/mol. The summed E-state index contributed by atoms with van der Waals surface area (Å²) >= 11 is 6.12. The van der Waals surface area contributed by atoms with Crippen LogP contribution in [0.4, 0.5) is 0 Å². The van der Waals surface area contributed by atoms with Crippen LogP contribution in [0.25, 0.3) is 0 Å².